The molecular formula is C17H15BrF2O. The predicted octanol–water partition coefficient (Wildman–Crippen LogP) is 5.32. The summed E-state index contributed by atoms with van der Waals surface area (Å²) >= 11 is 3.07. The SMILES string of the molecule is Fc1ccc(Br)c(F)c1COC1CCCc2ccccc21. The van der Waals surface area contributed by atoms with Crippen LogP contribution in [0.3, 0.4) is 0 Å². The van der Waals surface area contributed by atoms with Gasteiger partial charge in [-0.15, -0.1) is 0 Å². The molecule has 3 rings (SSSR count). The normalized spacial score (nSPS) is 17.6. The minimum absolute atomic E-state index is 0.0209. The van der Waals surface area contributed by atoms with Crippen molar-refractivity contribution in [3.05, 3.63) is 69.2 Å². The van der Waals surface area contributed by atoms with Gasteiger partial charge in [0.15, 0.2) is 0 Å². The fourth-order valence-electron chi connectivity index (χ4n) is 2.77. The summed E-state index contributed by atoms with van der Waals surface area (Å²) in [6.07, 6.45) is 2.86. The van der Waals surface area contributed by atoms with Gasteiger partial charge in [0.2, 0.25) is 0 Å². The van der Waals surface area contributed by atoms with Gasteiger partial charge in [0.1, 0.15) is 11.6 Å². The van der Waals surface area contributed by atoms with Crippen molar-refractivity contribution in [3.63, 3.8) is 0 Å². The number of rotatable bonds is 3. The van der Waals surface area contributed by atoms with Crippen molar-refractivity contribution >= 4 is 15.9 Å². The van der Waals surface area contributed by atoms with Crippen molar-refractivity contribution < 1.29 is 13.5 Å². The van der Waals surface area contributed by atoms with E-state index in [4.69, 9.17) is 4.74 Å². The first-order valence-electron chi connectivity index (χ1n) is 6.98. The van der Waals surface area contributed by atoms with Crippen LogP contribution in [0.25, 0.3) is 0 Å². The summed E-state index contributed by atoms with van der Waals surface area (Å²) in [7, 11) is 0. The first kappa shape index (κ1) is 14.7. The zero-order valence-electron chi connectivity index (χ0n) is 11.4. The molecule has 0 N–H and O–H groups in total. The largest absolute Gasteiger partial charge is 0.369 e. The minimum Gasteiger partial charge on any atom is -0.369 e. The van der Waals surface area contributed by atoms with Gasteiger partial charge >= 0.3 is 0 Å². The van der Waals surface area contributed by atoms with Gasteiger partial charge in [-0.05, 0) is 58.5 Å². The van der Waals surface area contributed by atoms with Crippen LogP contribution in [0.2, 0.25) is 0 Å². The molecule has 0 radical (unpaired) electrons. The summed E-state index contributed by atoms with van der Waals surface area (Å²) in [4.78, 5) is 0. The molecule has 0 bridgehead atoms. The van der Waals surface area contributed by atoms with E-state index in [1.807, 2.05) is 18.2 Å². The summed E-state index contributed by atoms with van der Waals surface area (Å²) in [6.45, 7) is -0.0594. The Morgan fingerprint density at radius 3 is 2.81 bits per heavy atom. The highest BCUT2D eigenvalue weighted by molar-refractivity contribution is 9.10. The number of hydrogen-bond donors (Lipinski definition) is 0. The summed E-state index contributed by atoms with van der Waals surface area (Å²) in [6, 6.07) is 10.7. The molecule has 0 aromatic heterocycles. The Hall–Kier alpha value is -1.26. The molecule has 0 spiro atoms. The monoisotopic (exact) mass is 352 g/mol. The number of aryl methyl sites for hydroxylation is 1. The Labute approximate surface area is 131 Å². The predicted molar refractivity (Wildman–Crippen MR) is 81.0 cm³/mol. The topological polar surface area (TPSA) is 9.23 Å². The molecule has 0 saturated carbocycles. The third kappa shape index (κ3) is 3.01. The highest BCUT2D eigenvalue weighted by Gasteiger charge is 2.22. The molecule has 1 nitrogen and oxygen atoms in total. The second kappa shape index (κ2) is 6.24. The Kier molecular flexibility index (Phi) is 4.36. The van der Waals surface area contributed by atoms with Gasteiger partial charge in [0, 0.05) is 0 Å². The van der Waals surface area contributed by atoms with Crippen molar-refractivity contribution in [2.75, 3.05) is 0 Å². The van der Waals surface area contributed by atoms with E-state index in [-0.39, 0.29) is 22.7 Å². The maximum Gasteiger partial charge on any atom is 0.145 e. The van der Waals surface area contributed by atoms with Gasteiger partial charge < -0.3 is 4.74 Å². The van der Waals surface area contributed by atoms with Crippen LogP contribution < -0.4 is 0 Å². The van der Waals surface area contributed by atoms with E-state index in [2.05, 4.69) is 22.0 Å². The molecule has 1 aliphatic carbocycles. The van der Waals surface area contributed by atoms with Crippen LogP contribution in [0.5, 0.6) is 0 Å². The average molecular weight is 353 g/mol. The Morgan fingerprint density at radius 1 is 1.14 bits per heavy atom. The second-order valence-electron chi connectivity index (χ2n) is 5.21. The molecule has 1 unspecified atom stereocenters. The van der Waals surface area contributed by atoms with Crippen molar-refractivity contribution in [2.24, 2.45) is 0 Å². The van der Waals surface area contributed by atoms with Gasteiger partial charge in [-0.3, -0.25) is 0 Å². The summed E-state index contributed by atoms with van der Waals surface area (Å²) in [5.41, 5.74) is 2.39. The number of hydrogen-bond acceptors (Lipinski definition) is 1. The van der Waals surface area contributed by atoms with Crippen LogP contribution in [-0.2, 0) is 17.8 Å². The Morgan fingerprint density at radius 2 is 1.95 bits per heavy atom. The van der Waals surface area contributed by atoms with Gasteiger partial charge in [0.25, 0.3) is 0 Å². The lowest BCUT2D eigenvalue weighted by molar-refractivity contribution is 0.0252. The molecule has 2 aromatic carbocycles. The van der Waals surface area contributed by atoms with E-state index in [1.54, 1.807) is 0 Å². The lowest BCUT2D eigenvalue weighted by atomic mass is 9.89. The molecule has 4 heteroatoms. The zero-order chi connectivity index (χ0) is 14.8. The zero-order valence-corrected chi connectivity index (χ0v) is 13.0. The maximum atomic E-state index is 13.9. The van der Waals surface area contributed by atoms with Gasteiger partial charge in [-0.25, -0.2) is 8.78 Å². The van der Waals surface area contributed by atoms with Crippen molar-refractivity contribution in [3.8, 4) is 0 Å². The highest BCUT2D eigenvalue weighted by Crippen LogP contribution is 2.33. The number of ether oxygens (including phenoxy) is 1. The molecule has 1 atom stereocenters. The first-order chi connectivity index (χ1) is 10.2. The van der Waals surface area contributed by atoms with Crippen molar-refractivity contribution in [1.29, 1.82) is 0 Å². The van der Waals surface area contributed by atoms with E-state index in [9.17, 15) is 8.78 Å². The highest BCUT2D eigenvalue weighted by atomic mass is 79.9. The molecule has 0 saturated heterocycles. The molecule has 0 aliphatic heterocycles. The number of halogens is 3. The van der Waals surface area contributed by atoms with E-state index < -0.39 is 11.6 Å². The smallest absolute Gasteiger partial charge is 0.145 e. The third-order valence-electron chi connectivity index (χ3n) is 3.88. The van der Waals surface area contributed by atoms with Crippen molar-refractivity contribution in [2.45, 2.75) is 32.0 Å². The van der Waals surface area contributed by atoms with Gasteiger partial charge in [-0.1, -0.05) is 24.3 Å². The molecule has 0 amide bonds. The van der Waals surface area contributed by atoms with Crippen LogP contribution in [0.15, 0.2) is 40.9 Å². The second-order valence-corrected chi connectivity index (χ2v) is 6.07. The Balaban J connectivity index is 1.79. The first-order valence-corrected chi connectivity index (χ1v) is 7.78. The Bertz CT molecular complexity index is 657. The van der Waals surface area contributed by atoms with Crippen LogP contribution in [0.4, 0.5) is 8.78 Å². The van der Waals surface area contributed by atoms with E-state index in [0.717, 1.165) is 24.8 Å². The van der Waals surface area contributed by atoms with Crippen LogP contribution in [-0.4, -0.2) is 0 Å². The molecular weight excluding hydrogens is 338 g/mol. The molecule has 21 heavy (non-hydrogen) atoms. The quantitative estimate of drug-likeness (QED) is 0.679. The third-order valence-corrected chi connectivity index (χ3v) is 4.49. The number of benzene rings is 2. The van der Waals surface area contributed by atoms with E-state index >= 15 is 0 Å². The fourth-order valence-corrected chi connectivity index (χ4v) is 3.14. The van der Waals surface area contributed by atoms with Crippen molar-refractivity contribution in [1.82, 2.24) is 0 Å². The lowest BCUT2D eigenvalue weighted by Gasteiger charge is -2.25. The van der Waals surface area contributed by atoms with Crippen LogP contribution in [0, 0.1) is 11.6 Å². The minimum atomic E-state index is -0.584. The molecule has 2 aromatic rings. The fraction of sp³-hybridized carbons (Fsp3) is 0.294. The maximum absolute atomic E-state index is 13.9. The molecule has 1 aliphatic rings. The van der Waals surface area contributed by atoms with Gasteiger partial charge in [-0.2, -0.15) is 0 Å². The van der Waals surface area contributed by atoms with E-state index in [1.165, 1.54) is 17.7 Å². The van der Waals surface area contributed by atoms with Crippen LogP contribution >= 0.6 is 15.9 Å². The van der Waals surface area contributed by atoms with E-state index in [0.29, 0.717) is 0 Å². The average Bonchev–Trinajstić information content (AvgIpc) is 2.51. The summed E-state index contributed by atoms with van der Waals surface area (Å²) < 4.78 is 33.8. The summed E-state index contributed by atoms with van der Waals surface area (Å²) in [5.74, 6) is -1.15. The van der Waals surface area contributed by atoms with Crippen LogP contribution in [0.1, 0.15) is 35.6 Å². The molecule has 0 fully saturated rings. The summed E-state index contributed by atoms with van der Waals surface area (Å²) in [5, 5.41) is 0. The number of fused-ring (bicyclic) bond motifs is 1. The molecule has 0 heterocycles. The standard InChI is InChI=1S/C17H15BrF2O/c18-14-8-9-15(19)13(17(14)20)10-21-16-7-3-5-11-4-1-2-6-12(11)16/h1-2,4,6,8-9,16H,3,5,7,10H2. The van der Waals surface area contributed by atoms with Gasteiger partial charge in [0.05, 0.1) is 22.7 Å². The lowest BCUT2D eigenvalue weighted by Crippen LogP contribution is -2.13. The molecule has 110 valence electrons.